The van der Waals surface area contributed by atoms with Gasteiger partial charge in [-0.3, -0.25) is 4.79 Å². The van der Waals surface area contributed by atoms with Gasteiger partial charge in [-0.1, -0.05) is 0 Å². The maximum Gasteiger partial charge on any atom is 0.302 e. The molecule has 0 unspecified atom stereocenters. The first kappa shape index (κ1) is 6.73. The monoisotopic (exact) mass is 135 g/mol. The van der Waals surface area contributed by atoms with Crippen LogP contribution in [0.15, 0.2) is 18.7 Å². The topological polar surface area (TPSA) is 63.1 Å². The minimum atomic E-state index is -0.991. The molecule has 0 aliphatic carbocycles. The van der Waals surface area contributed by atoms with Crippen LogP contribution in [0.5, 0.6) is 0 Å². The van der Waals surface area contributed by atoms with Crippen LogP contribution >= 0.6 is 0 Å². The first-order chi connectivity index (χ1) is 4.79. The molecule has 1 radical (unpaired) electrons. The van der Waals surface area contributed by atoms with Gasteiger partial charge in [-0.25, -0.2) is 9.97 Å². The molecule has 0 spiro atoms. The summed E-state index contributed by atoms with van der Waals surface area (Å²) in [5.74, 6) is -0.991. The second-order valence-electron chi connectivity index (χ2n) is 1.65. The van der Waals surface area contributed by atoms with E-state index in [0.717, 1.165) is 7.28 Å². The largest absolute Gasteiger partial charge is 0.489 e. The van der Waals surface area contributed by atoms with Crippen LogP contribution in [0.1, 0.15) is 0 Å². The molecular formula is C5H4BN2O2. The quantitative estimate of drug-likeness (QED) is 0.554. The fourth-order valence-corrected chi connectivity index (χ4v) is 0.528. The summed E-state index contributed by atoms with van der Waals surface area (Å²) in [5, 5.41) is 8.26. The van der Waals surface area contributed by atoms with E-state index in [1.54, 1.807) is 0 Å². The van der Waals surface area contributed by atoms with Crippen molar-refractivity contribution in [1.82, 2.24) is 9.97 Å². The average molecular weight is 135 g/mol. The molecule has 0 aliphatic heterocycles. The van der Waals surface area contributed by atoms with Crippen LogP contribution in [0.3, 0.4) is 0 Å². The Morgan fingerprint density at radius 2 is 2.10 bits per heavy atom. The molecule has 5 heteroatoms. The van der Waals surface area contributed by atoms with Crippen molar-refractivity contribution in [1.29, 1.82) is 0 Å². The van der Waals surface area contributed by atoms with Gasteiger partial charge in [0.15, 0.2) is 0 Å². The van der Waals surface area contributed by atoms with Crippen LogP contribution in [0.25, 0.3) is 0 Å². The third kappa shape index (κ3) is 1.85. The molecule has 0 amide bonds. The summed E-state index contributed by atoms with van der Waals surface area (Å²) in [7, 11) is 1.04. The molecule has 0 fully saturated rings. The van der Waals surface area contributed by atoms with Gasteiger partial charge in [-0.2, -0.15) is 0 Å². The summed E-state index contributed by atoms with van der Waals surface area (Å²) in [5.41, 5.74) is 0.495. The number of nitrogens with zero attached hydrogens (tertiary/aromatic N) is 2. The highest BCUT2D eigenvalue weighted by molar-refractivity contribution is 6.82. The molecule has 0 bridgehead atoms. The van der Waals surface area contributed by atoms with Gasteiger partial charge in [-0.05, 0) is 5.46 Å². The molecule has 0 aliphatic rings. The highest BCUT2D eigenvalue weighted by atomic mass is 16.4. The third-order valence-electron chi connectivity index (χ3n) is 0.871. The van der Waals surface area contributed by atoms with E-state index in [0.29, 0.717) is 5.46 Å². The van der Waals surface area contributed by atoms with Gasteiger partial charge >= 0.3 is 7.28 Å². The van der Waals surface area contributed by atoms with Gasteiger partial charge in [0.1, 0.15) is 6.33 Å². The fourth-order valence-electron chi connectivity index (χ4n) is 0.528. The van der Waals surface area contributed by atoms with E-state index in [4.69, 9.17) is 5.11 Å². The SMILES string of the molecule is O=C(O)[B]c1cncnc1. The number of hydrogen-bond acceptors (Lipinski definition) is 3. The molecule has 0 saturated carbocycles. The molecule has 1 N–H and O–H groups in total. The van der Waals surface area contributed by atoms with E-state index in [1.807, 2.05) is 0 Å². The highest BCUT2D eigenvalue weighted by Gasteiger charge is 2.02. The molecule has 0 aromatic carbocycles. The molecule has 0 saturated heterocycles. The number of carbonyl (C=O) groups is 1. The van der Waals surface area contributed by atoms with E-state index in [9.17, 15) is 4.79 Å². The lowest BCUT2D eigenvalue weighted by molar-refractivity contribution is 0.220. The third-order valence-corrected chi connectivity index (χ3v) is 0.871. The number of rotatable bonds is 2. The van der Waals surface area contributed by atoms with Gasteiger partial charge in [0, 0.05) is 12.4 Å². The Bertz CT molecular complexity index is 226. The van der Waals surface area contributed by atoms with E-state index in [2.05, 4.69) is 9.97 Å². The van der Waals surface area contributed by atoms with E-state index in [-0.39, 0.29) is 0 Å². The van der Waals surface area contributed by atoms with Crippen molar-refractivity contribution in [2.45, 2.75) is 0 Å². The van der Waals surface area contributed by atoms with Gasteiger partial charge in [-0.15, -0.1) is 0 Å². The standard InChI is InChI=1S/C5H4BN2O2/c9-5(10)6-4-1-7-3-8-2-4/h1-3H,(H,9,10). The average Bonchev–Trinajstić information content (AvgIpc) is 1.88. The number of aromatic nitrogens is 2. The van der Waals surface area contributed by atoms with Crippen molar-refractivity contribution in [3.05, 3.63) is 18.7 Å². The van der Waals surface area contributed by atoms with Crippen molar-refractivity contribution in [3.63, 3.8) is 0 Å². The Hall–Kier alpha value is -1.39. The van der Waals surface area contributed by atoms with E-state index >= 15 is 0 Å². The van der Waals surface area contributed by atoms with E-state index in [1.165, 1.54) is 18.7 Å². The smallest absolute Gasteiger partial charge is 0.302 e. The minimum Gasteiger partial charge on any atom is -0.489 e. The summed E-state index contributed by atoms with van der Waals surface area (Å²) in [4.78, 5) is 17.3. The Balaban J connectivity index is 2.67. The van der Waals surface area contributed by atoms with Crippen LogP contribution in [0.4, 0.5) is 4.79 Å². The summed E-state index contributed by atoms with van der Waals surface area (Å²) in [6.45, 7) is 0. The molecule has 49 valence electrons. The lowest BCUT2D eigenvalue weighted by Gasteiger charge is -1.89. The van der Waals surface area contributed by atoms with Crippen molar-refractivity contribution >= 4 is 18.6 Å². The predicted octanol–water partition coefficient (Wildman–Crippen LogP) is -0.516. The Morgan fingerprint density at radius 1 is 1.50 bits per heavy atom. The summed E-state index contributed by atoms with van der Waals surface area (Å²) in [6.07, 6.45) is 4.21. The van der Waals surface area contributed by atoms with Crippen molar-refractivity contribution < 1.29 is 9.90 Å². The zero-order chi connectivity index (χ0) is 7.40. The molecule has 0 atom stereocenters. The van der Waals surface area contributed by atoms with Gasteiger partial charge < -0.3 is 5.11 Å². The highest BCUT2D eigenvalue weighted by Crippen LogP contribution is 1.71. The molecule has 1 rings (SSSR count). The summed E-state index contributed by atoms with van der Waals surface area (Å²) in [6, 6.07) is 0. The van der Waals surface area contributed by atoms with E-state index < -0.39 is 5.87 Å². The Morgan fingerprint density at radius 3 is 2.60 bits per heavy atom. The predicted molar refractivity (Wildman–Crippen MR) is 35.4 cm³/mol. The molecule has 1 heterocycles. The Kier molecular flexibility index (Phi) is 1.99. The summed E-state index contributed by atoms with van der Waals surface area (Å²) >= 11 is 0. The van der Waals surface area contributed by atoms with Crippen LogP contribution in [0.2, 0.25) is 0 Å². The first-order valence-corrected chi connectivity index (χ1v) is 2.62. The summed E-state index contributed by atoms with van der Waals surface area (Å²) < 4.78 is 0. The van der Waals surface area contributed by atoms with Crippen molar-refractivity contribution in [3.8, 4) is 0 Å². The molecule has 1 aromatic rings. The van der Waals surface area contributed by atoms with Crippen molar-refractivity contribution in [2.24, 2.45) is 0 Å². The molecule has 1 aromatic heterocycles. The van der Waals surface area contributed by atoms with Gasteiger partial charge in [0.05, 0.1) is 0 Å². The zero-order valence-corrected chi connectivity index (χ0v) is 5.06. The van der Waals surface area contributed by atoms with Crippen LogP contribution in [0, 0.1) is 0 Å². The molecular weight excluding hydrogens is 131 g/mol. The number of hydrogen-bond donors (Lipinski definition) is 1. The molecule has 10 heavy (non-hydrogen) atoms. The van der Waals surface area contributed by atoms with Crippen LogP contribution in [-0.4, -0.2) is 28.2 Å². The maximum absolute atomic E-state index is 10.1. The lowest BCUT2D eigenvalue weighted by Crippen LogP contribution is -2.22. The second kappa shape index (κ2) is 2.96. The minimum absolute atomic E-state index is 0.495. The van der Waals surface area contributed by atoms with Crippen LogP contribution in [-0.2, 0) is 0 Å². The van der Waals surface area contributed by atoms with Gasteiger partial charge in [0.25, 0.3) is 0 Å². The first-order valence-electron chi connectivity index (χ1n) is 2.62. The Labute approximate surface area is 58.2 Å². The van der Waals surface area contributed by atoms with Gasteiger partial charge in [0.2, 0.25) is 5.87 Å². The fraction of sp³-hybridized carbons (Fsp3) is 0. The zero-order valence-electron chi connectivity index (χ0n) is 5.06. The second-order valence-corrected chi connectivity index (χ2v) is 1.65. The lowest BCUT2D eigenvalue weighted by atomic mass is 9.72. The van der Waals surface area contributed by atoms with Crippen molar-refractivity contribution in [2.75, 3.05) is 0 Å². The number of carboxylic acid groups (broad SMARTS) is 1. The maximum atomic E-state index is 10.1. The van der Waals surface area contributed by atoms with Crippen LogP contribution < -0.4 is 5.46 Å². The normalized spacial score (nSPS) is 8.80. The molecule has 4 nitrogen and oxygen atoms in total.